The summed E-state index contributed by atoms with van der Waals surface area (Å²) in [7, 11) is 1.21. The second-order valence-electron chi connectivity index (χ2n) is 2.55. The van der Waals surface area contributed by atoms with Crippen molar-refractivity contribution < 1.29 is 0 Å². The summed E-state index contributed by atoms with van der Waals surface area (Å²) in [6.45, 7) is 4.30. The Balaban J connectivity index is 2.81. The van der Waals surface area contributed by atoms with Gasteiger partial charge in [-0.3, -0.25) is 4.98 Å². The standard InChI is InChI=1S/C8H12BN/c1-7-6-10-4-3-8(7)5-9-2/h3-4,6,9H,5H2,1-2H3. The molecular formula is C8H12BN. The highest BCUT2D eigenvalue weighted by Crippen LogP contribution is 2.04. The van der Waals surface area contributed by atoms with Crippen LogP contribution in [0.4, 0.5) is 0 Å². The van der Waals surface area contributed by atoms with Crippen molar-refractivity contribution in [3.63, 3.8) is 0 Å². The van der Waals surface area contributed by atoms with Crippen LogP contribution >= 0.6 is 0 Å². The van der Waals surface area contributed by atoms with Crippen LogP contribution < -0.4 is 0 Å². The molecule has 1 rings (SSSR count). The number of nitrogens with zero attached hydrogens (tertiary/aromatic N) is 1. The Hall–Kier alpha value is -0.785. The third-order valence-electron chi connectivity index (χ3n) is 1.66. The molecule has 0 N–H and O–H groups in total. The van der Waals surface area contributed by atoms with Gasteiger partial charge in [-0.1, -0.05) is 13.1 Å². The minimum atomic E-state index is 1.17. The molecular weight excluding hydrogens is 121 g/mol. The van der Waals surface area contributed by atoms with Gasteiger partial charge in [-0.25, -0.2) is 0 Å². The van der Waals surface area contributed by atoms with Gasteiger partial charge in [-0.05, 0) is 24.1 Å². The average molecular weight is 133 g/mol. The number of pyridine rings is 1. The van der Waals surface area contributed by atoms with Gasteiger partial charge in [0.05, 0.1) is 0 Å². The van der Waals surface area contributed by atoms with E-state index in [1.54, 1.807) is 0 Å². The van der Waals surface area contributed by atoms with E-state index in [4.69, 9.17) is 0 Å². The first-order valence-corrected chi connectivity index (χ1v) is 3.74. The largest absolute Gasteiger partial charge is 0.264 e. The van der Waals surface area contributed by atoms with Crippen LogP contribution in [0.2, 0.25) is 6.82 Å². The first-order chi connectivity index (χ1) is 4.84. The molecule has 0 atom stereocenters. The van der Waals surface area contributed by atoms with Crippen LogP contribution in [0.3, 0.4) is 0 Å². The molecule has 10 heavy (non-hydrogen) atoms. The Bertz CT molecular complexity index is 210. The zero-order valence-electron chi connectivity index (χ0n) is 6.59. The first-order valence-electron chi connectivity index (χ1n) is 3.74. The maximum Gasteiger partial charge on any atom is 0.122 e. The van der Waals surface area contributed by atoms with E-state index < -0.39 is 0 Å². The monoisotopic (exact) mass is 133 g/mol. The van der Waals surface area contributed by atoms with E-state index in [1.807, 2.05) is 12.4 Å². The van der Waals surface area contributed by atoms with Crippen LogP contribution in [0, 0.1) is 6.92 Å². The third-order valence-corrected chi connectivity index (χ3v) is 1.66. The Morgan fingerprint density at radius 3 is 3.00 bits per heavy atom. The maximum absolute atomic E-state index is 4.03. The van der Waals surface area contributed by atoms with E-state index in [9.17, 15) is 0 Å². The molecule has 0 aliphatic carbocycles. The molecule has 0 fully saturated rings. The van der Waals surface area contributed by atoms with E-state index in [2.05, 4.69) is 24.8 Å². The summed E-state index contributed by atoms with van der Waals surface area (Å²) in [6, 6.07) is 2.10. The molecule has 1 heterocycles. The second-order valence-corrected chi connectivity index (χ2v) is 2.55. The van der Waals surface area contributed by atoms with Crippen molar-refractivity contribution in [3.8, 4) is 0 Å². The van der Waals surface area contributed by atoms with Gasteiger partial charge in [0.25, 0.3) is 0 Å². The van der Waals surface area contributed by atoms with Gasteiger partial charge in [0.2, 0.25) is 0 Å². The van der Waals surface area contributed by atoms with E-state index in [-0.39, 0.29) is 0 Å². The Morgan fingerprint density at radius 2 is 2.40 bits per heavy atom. The van der Waals surface area contributed by atoms with Gasteiger partial charge in [0.15, 0.2) is 0 Å². The summed E-state index contributed by atoms with van der Waals surface area (Å²) in [5.74, 6) is 0. The van der Waals surface area contributed by atoms with Crippen LogP contribution in [-0.4, -0.2) is 12.3 Å². The van der Waals surface area contributed by atoms with Crippen molar-refractivity contribution in [2.24, 2.45) is 0 Å². The quantitative estimate of drug-likeness (QED) is 0.555. The van der Waals surface area contributed by atoms with Crippen molar-refractivity contribution in [1.29, 1.82) is 0 Å². The predicted octanol–water partition coefficient (Wildman–Crippen LogP) is 1.37. The van der Waals surface area contributed by atoms with E-state index in [1.165, 1.54) is 24.7 Å². The smallest absolute Gasteiger partial charge is 0.122 e. The van der Waals surface area contributed by atoms with Crippen molar-refractivity contribution in [2.45, 2.75) is 20.1 Å². The van der Waals surface area contributed by atoms with E-state index in [0.29, 0.717) is 0 Å². The Kier molecular flexibility index (Phi) is 2.49. The van der Waals surface area contributed by atoms with Gasteiger partial charge in [-0.2, -0.15) is 0 Å². The van der Waals surface area contributed by atoms with Crippen LogP contribution in [-0.2, 0) is 6.32 Å². The van der Waals surface area contributed by atoms with Crippen molar-refractivity contribution in [2.75, 3.05) is 0 Å². The molecule has 0 bridgehead atoms. The van der Waals surface area contributed by atoms with E-state index in [0.717, 1.165) is 0 Å². The molecule has 0 saturated heterocycles. The molecule has 0 aromatic carbocycles. The molecule has 0 spiro atoms. The summed E-state index contributed by atoms with van der Waals surface area (Å²) in [4.78, 5) is 4.03. The van der Waals surface area contributed by atoms with Gasteiger partial charge in [-0.15, -0.1) is 0 Å². The van der Waals surface area contributed by atoms with Crippen LogP contribution in [0.5, 0.6) is 0 Å². The van der Waals surface area contributed by atoms with Gasteiger partial charge >= 0.3 is 0 Å². The van der Waals surface area contributed by atoms with Gasteiger partial charge < -0.3 is 0 Å². The number of rotatable bonds is 2. The number of hydrogen-bond donors (Lipinski definition) is 0. The minimum absolute atomic E-state index is 1.17. The molecule has 52 valence electrons. The Labute approximate surface area is 62.7 Å². The van der Waals surface area contributed by atoms with Gasteiger partial charge in [0, 0.05) is 12.4 Å². The van der Waals surface area contributed by atoms with Crippen LogP contribution in [0.15, 0.2) is 18.5 Å². The number of hydrogen-bond acceptors (Lipinski definition) is 1. The summed E-state index contributed by atoms with van der Waals surface area (Å²) in [5, 5.41) is 0. The topological polar surface area (TPSA) is 12.9 Å². The second kappa shape index (κ2) is 3.40. The lowest BCUT2D eigenvalue weighted by Crippen LogP contribution is -1.94. The molecule has 0 amide bonds. The highest BCUT2D eigenvalue weighted by atomic mass is 14.6. The van der Waals surface area contributed by atoms with E-state index >= 15 is 0 Å². The van der Waals surface area contributed by atoms with Crippen molar-refractivity contribution >= 4 is 7.28 Å². The summed E-state index contributed by atoms with van der Waals surface area (Å²) < 4.78 is 0. The molecule has 0 aliphatic heterocycles. The van der Waals surface area contributed by atoms with Gasteiger partial charge in [0.1, 0.15) is 7.28 Å². The fraction of sp³-hybridized carbons (Fsp3) is 0.375. The zero-order chi connectivity index (χ0) is 7.40. The third kappa shape index (κ3) is 1.60. The zero-order valence-corrected chi connectivity index (χ0v) is 6.59. The molecule has 0 radical (unpaired) electrons. The highest BCUT2D eigenvalue weighted by molar-refractivity contribution is 6.32. The summed E-state index contributed by atoms with van der Waals surface area (Å²) in [5.41, 5.74) is 2.74. The lowest BCUT2D eigenvalue weighted by molar-refractivity contribution is 1.19. The number of aromatic nitrogens is 1. The normalized spacial score (nSPS) is 9.40. The lowest BCUT2D eigenvalue weighted by Gasteiger charge is -1.99. The average Bonchev–Trinajstić information content (AvgIpc) is 1.94. The first kappa shape index (κ1) is 7.32. The summed E-state index contributed by atoms with van der Waals surface area (Å²) >= 11 is 0. The molecule has 0 aliphatic rings. The number of aryl methyl sites for hydroxylation is 1. The van der Waals surface area contributed by atoms with Crippen molar-refractivity contribution in [1.82, 2.24) is 4.98 Å². The Morgan fingerprint density at radius 1 is 1.60 bits per heavy atom. The molecule has 0 saturated carbocycles. The fourth-order valence-electron chi connectivity index (χ4n) is 1.05. The maximum atomic E-state index is 4.03. The van der Waals surface area contributed by atoms with Crippen LogP contribution in [0.25, 0.3) is 0 Å². The fourth-order valence-corrected chi connectivity index (χ4v) is 1.05. The van der Waals surface area contributed by atoms with Crippen LogP contribution in [0.1, 0.15) is 11.1 Å². The lowest BCUT2D eigenvalue weighted by atomic mass is 9.74. The highest BCUT2D eigenvalue weighted by Gasteiger charge is 1.94. The molecule has 1 aromatic heterocycles. The molecule has 0 unspecified atom stereocenters. The minimum Gasteiger partial charge on any atom is -0.264 e. The molecule has 1 aromatic rings. The predicted molar refractivity (Wildman–Crippen MR) is 45.7 cm³/mol. The SMILES string of the molecule is CBCc1ccncc1C. The molecule has 1 nitrogen and oxygen atoms in total. The van der Waals surface area contributed by atoms with Crippen molar-refractivity contribution in [3.05, 3.63) is 29.6 Å². The molecule has 2 heteroatoms. The summed E-state index contributed by atoms with van der Waals surface area (Å²) in [6.07, 6.45) is 4.96.